The van der Waals surface area contributed by atoms with Crippen molar-refractivity contribution in [2.45, 2.75) is 19.8 Å². The van der Waals surface area contributed by atoms with E-state index in [9.17, 15) is 14.0 Å². The number of rotatable bonds is 9. The Morgan fingerprint density at radius 3 is 2.58 bits per heavy atom. The predicted octanol–water partition coefficient (Wildman–Crippen LogP) is 2.81. The largest absolute Gasteiger partial charge is 0.493 e. The van der Waals surface area contributed by atoms with E-state index in [-0.39, 0.29) is 32.0 Å². The zero-order valence-corrected chi connectivity index (χ0v) is 14.7. The summed E-state index contributed by atoms with van der Waals surface area (Å²) < 4.78 is 23.8. The summed E-state index contributed by atoms with van der Waals surface area (Å²) in [7, 11) is 0. The first-order valence-corrected chi connectivity index (χ1v) is 8.40. The van der Waals surface area contributed by atoms with Crippen LogP contribution in [0.1, 0.15) is 17.5 Å². The minimum Gasteiger partial charge on any atom is -0.493 e. The zero-order valence-electron chi connectivity index (χ0n) is 14.7. The molecule has 0 saturated carbocycles. The average molecular weight is 359 g/mol. The van der Waals surface area contributed by atoms with Crippen LogP contribution in [0.25, 0.3) is 0 Å². The summed E-state index contributed by atoms with van der Waals surface area (Å²) in [5.74, 6) is -0.523. The molecule has 1 N–H and O–H groups in total. The number of ether oxygens (including phenoxy) is 2. The lowest BCUT2D eigenvalue weighted by molar-refractivity contribution is -0.149. The number of halogens is 1. The van der Waals surface area contributed by atoms with Gasteiger partial charge in [-0.25, -0.2) is 4.39 Å². The molecular formula is C20H22FNO4. The maximum absolute atomic E-state index is 13.4. The van der Waals surface area contributed by atoms with Gasteiger partial charge in [0.25, 0.3) is 5.91 Å². The van der Waals surface area contributed by atoms with Gasteiger partial charge in [0, 0.05) is 6.54 Å². The Labute approximate surface area is 152 Å². The number of hydrogen-bond acceptors (Lipinski definition) is 4. The van der Waals surface area contributed by atoms with Gasteiger partial charge >= 0.3 is 5.97 Å². The van der Waals surface area contributed by atoms with Crippen LogP contribution in [0.3, 0.4) is 0 Å². The quantitative estimate of drug-likeness (QED) is 0.699. The van der Waals surface area contributed by atoms with Crippen LogP contribution >= 0.6 is 0 Å². The highest BCUT2D eigenvalue weighted by Crippen LogP contribution is 2.16. The van der Waals surface area contributed by atoms with Gasteiger partial charge in [0.2, 0.25) is 0 Å². The molecule has 0 unspecified atom stereocenters. The molecule has 0 aromatic heterocycles. The first-order valence-electron chi connectivity index (χ1n) is 8.40. The molecule has 0 aliphatic heterocycles. The van der Waals surface area contributed by atoms with Crippen molar-refractivity contribution in [3.8, 4) is 5.75 Å². The SMILES string of the molecule is Cc1ccccc1OCCC(=O)OCC(=O)NCCc1ccccc1F. The number of aryl methyl sites for hydroxylation is 1. The van der Waals surface area contributed by atoms with Crippen molar-refractivity contribution in [2.24, 2.45) is 0 Å². The predicted molar refractivity (Wildman–Crippen MR) is 95.4 cm³/mol. The van der Waals surface area contributed by atoms with Crippen LogP contribution in [0.15, 0.2) is 48.5 Å². The number of carbonyl (C=O) groups excluding carboxylic acids is 2. The third kappa shape index (κ3) is 6.55. The topological polar surface area (TPSA) is 64.6 Å². The van der Waals surface area contributed by atoms with Crippen molar-refractivity contribution < 1.29 is 23.5 Å². The lowest BCUT2D eigenvalue weighted by atomic mass is 10.1. The minimum atomic E-state index is -0.511. The van der Waals surface area contributed by atoms with Crippen LogP contribution in [0.4, 0.5) is 4.39 Å². The molecule has 0 aliphatic carbocycles. The van der Waals surface area contributed by atoms with E-state index in [1.807, 2.05) is 31.2 Å². The first kappa shape index (κ1) is 19.4. The van der Waals surface area contributed by atoms with Gasteiger partial charge in [0.1, 0.15) is 11.6 Å². The van der Waals surface area contributed by atoms with E-state index >= 15 is 0 Å². The van der Waals surface area contributed by atoms with Gasteiger partial charge in [-0.1, -0.05) is 36.4 Å². The van der Waals surface area contributed by atoms with E-state index in [1.54, 1.807) is 18.2 Å². The van der Waals surface area contributed by atoms with Crippen molar-refractivity contribution in [1.29, 1.82) is 0 Å². The number of amides is 1. The molecule has 2 rings (SSSR count). The van der Waals surface area contributed by atoms with Gasteiger partial charge in [-0.3, -0.25) is 9.59 Å². The second kappa shape index (κ2) is 10.2. The summed E-state index contributed by atoms with van der Waals surface area (Å²) in [5.41, 5.74) is 1.51. The summed E-state index contributed by atoms with van der Waals surface area (Å²) in [6.45, 7) is 2.01. The van der Waals surface area contributed by atoms with E-state index in [0.717, 1.165) is 5.56 Å². The van der Waals surface area contributed by atoms with Crippen molar-refractivity contribution in [3.63, 3.8) is 0 Å². The highest BCUT2D eigenvalue weighted by atomic mass is 19.1. The van der Waals surface area contributed by atoms with E-state index in [1.165, 1.54) is 6.07 Å². The van der Waals surface area contributed by atoms with E-state index < -0.39 is 11.9 Å². The van der Waals surface area contributed by atoms with Gasteiger partial charge in [-0.05, 0) is 36.6 Å². The maximum atomic E-state index is 13.4. The van der Waals surface area contributed by atoms with E-state index in [4.69, 9.17) is 9.47 Å². The van der Waals surface area contributed by atoms with Gasteiger partial charge < -0.3 is 14.8 Å². The lowest BCUT2D eigenvalue weighted by Crippen LogP contribution is -2.30. The first-order chi connectivity index (χ1) is 12.6. The van der Waals surface area contributed by atoms with Crippen LogP contribution < -0.4 is 10.1 Å². The monoisotopic (exact) mass is 359 g/mol. The molecule has 2 aromatic rings. The normalized spacial score (nSPS) is 10.2. The number of hydrogen-bond donors (Lipinski definition) is 1. The van der Waals surface area contributed by atoms with E-state index in [2.05, 4.69) is 5.32 Å². The van der Waals surface area contributed by atoms with Crippen LogP contribution in [0, 0.1) is 12.7 Å². The second-order valence-corrected chi connectivity index (χ2v) is 5.72. The third-order valence-corrected chi connectivity index (χ3v) is 3.70. The molecule has 2 aromatic carbocycles. The van der Waals surface area contributed by atoms with Crippen molar-refractivity contribution in [3.05, 3.63) is 65.5 Å². The van der Waals surface area contributed by atoms with E-state index in [0.29, 0.717) is 17.7 Å². The number of esters is 1. The van der Waals surface area contributed by atoms with Crippen molar-refractivity contribution in [1.82, 2.24) is 5.32 Å². The molecule has 0 bridgehead atoms. The maximum Gasteiger partial charge on any atom is 0.309 e. The van der Waals surface area contributed by atoms with Crippen LogP contribution in [0.5, 0.6) is 5.75 Å². The Balaban J connectivity index is 1.59. The fraction of sp³-hybridized carbons (Fsp3) is 0.300. The van der Waals surface area contributed by atoms with Crippen LogP contribution in [-0.2, 0) is 20.7 Å². The second-order valence-electron chi connectivity index (χ2n) is 5.72. The molecule has 6 heteroatoms. The Morgan fingerprint density at radius 1 is 1.08 bits per heavy atom. The molecule has 0 saturated heterocycles. The smallest absolute Gasteiger partial charge is 0.309 e. The number of nitrogens with one attached hydrogen (secondary N) is 1. The molecule has 5 nitrogen and oxygen atoms in total. The summed E-state index contributed by atoms with van der Waals surface area (Å²) in [4.78, 5) is 23.3. The van der Waals surface area contributed by atoms with Gasteiger partial charge in [-0.2, -0.15) is 0 Å². The molecule has 1 amide bonds. The molecular weight excluding hydrogens is 337 g/mol. The number of carbonyl (C=O) groups is 2. The molecule has 0 fully saturated rings. The minimum absolute atomic E-state index is 0.0524. The fourth-order valence-electron chi connectivity index (χ4n) is 2.27. The highest BCUT2D eigenvalue weighted by Gasteiger charge is 2.09. The van der Waals surface area contributed by atoms with Gasteiger partial charge in [0.15, 0.2) is 6.61 Å². The Kier molecular flexibility index (Phi) is 7.61. The highest BCUT2D eigenvalue weighted by molar-refractivity contribution is 5.80. The van der Waals surface area contributed by atoms with Crippen LogP contribution in [0.2, 0.25) is 0 Å². The molecule has 26 heavy (non-hydrogen) atoms. The summed E-state index contributed by atoms with van der Waals surface area (Å²) in [6.07, 6.45) is 0.424. The summed E-state index contributed by atoms with van der Waals surface area (Å²) >= 11 is 0. The molecule has 0 radical (unpaired) electrons. The number of para-hydroxylation sites is 1. The molecule has 138 valence electrons. The molecule has 0 spiro atoms. The fourth-order valence-corrected chi connectivity index (χ4v) is 2.27. The average Bonchev–Trinajstić information content (AvgIpc) is 2.63. The number of benzene rings is 2. The Morgan fingerprint density at radius 2 is 1.81 bits per heavy atom. The molecule has 0 aliphatic rings. The molecule has 0 atom stereocenters. The summed E-state index contributed by atoms with van der Waals surface area (Å²) in [5, 5.41) is 2.59. The zero-order chi connectivity index (χ0) is 18.8. The van der Waals surface area contributed by atoms with Gasteiger partial charge in [-0.15, -0.1) is 0 Å². The third-order valence-electron chi connectivity index (χ3n) is 3.70. The van der Waals surface area contributed by atoms with Crippen LogP contribution in [-0.4, -0.2) is 31.6 Å². The Bertz CT molecular complexity index is 685. The lowest BCUT2D eigenvalue weighted by Gasteiger charge is -2.09. The molecule has 0 heterocycles. The van der Waals surface area contributed by atoms with Gasteiger partial charge in [0.05, 0.1) is 13.0 Å². The summed E-state index contributed by atoms with van der Waals surface area (Å²) in [6, 6.07) is 13.9. The van der Waals surface area contributed by atoms with Crippen molar-refractivity contribution >= 4 is 11.9 Å². The Hall–Kier alpha value is -2.89. The van der Waals surface area contributed by atoms with Crippen molar-refractivity contribution in [2.75, 3.05) is 19.8 Å². The standard InChI is InChI=1S/C20H22FNO4/c1-15-6-2-5-9-18(15)25-13-11-20(24)26-14-19(23)22-12-10-16-7-3-4-8-17(16)21/h2-9H,10-14H2,1H3,(H,22,23).